The number of hydrogen-bond acceptors (Lipinski definition) is 6. The van der Waals surface area contributed by atoms with Crippen LogP contribution in [0.2, 0.25) is 0 Å². The van der Waals surface area contributed by atoms with Gasteiger partial charge in [0.25, 0.3) is 0 Å². The number of halogens is 3. The number of aromatic nitrogens is 2. The molecule has 2 aromatic heterocycles. The van der Waals surface area contributed by atoms with Crippen molar-refractivity contribution in [1.29, 1.82) is 0 Å². The van der Waals surface area contributed by atoms with Crippen molar-refractivity contribution in [1.82, 2.24) is 15.3 Å². The second-order valence-electron chi connectivity index (χ2n) is 7.82. The van der Waals surface area contributed by atoms with E-state index in [-0.39, 0.29) is 35.5 Å². The van der Waals surface area contributed by atoms with E-state index in [0.717, 1.165) is 13.3 Å². The Morgan fingerprint density at radius 2 is 1.90 bits per heavy atom. The van der Waals surface area contributed by atoms with Crippen molar-refractivity contribution in [2.24, 2.45) is 0 Å². The van der Waals surface area contributed by atoms with Crippen molar-refractivity contribution in [2.45, 2.75) is 58.5 Å². The van der Waals surface area contributed by atoms with Crippen molar-refractivity contribution in [3.05, 3.63) is 52.6 Å². The standard InChI is InChI=1S/C21H26F3N3O4/c1-6-13-15(18(28)30-5)14(27-16(13)19(29)31-20(2,3)4)11-26-17(21(22,23)24)12-8-7-9-25-10-12/h7-10,17,26-27H,6,11H2,1-5H3. The number of esters is 2. The van der Waals surface area contributed by atoms with Crippen LogP contribution in [0.15, 0.2) is 24.5 Å². The summed E-state index contributed by atoms with van der Waals surface area (Å²) in [6, 6.07) is 0.683. The van der Waals surface area contributed by atoms with Crippen LogP contribution in [0.4, 0.5) is 13.2 Å². The molecule has 2 aromatic rings. The maximum absolute atomic E-state index is 13.6. The van der Waals surface area contributed by atoms with E-state index in [0.29, 0.717) is 5.56 Å². The van der Waals surface area contributed by atoms with Crippen LogP contribution in [0, 0.1) is 0 Å². The first-order valence-corrected chi connectivity index (χ1v) is 9.64. The van der Waals surface area contributed by atoms with Gasteiger partial charge in [-0.3, -0.25) is 10.3 Å². The summed E-state index contributed by atoms with van der Waals surface area (Å²) in [4.78, 5) is 31.5. The fraction of sp³-hybridized carbons (Fsp3) is 0.476. The van der Waals surface area contributed by atoms with E-state index in [1.807, 2.05) is 0 Å². The minimum atomic E-state index is -4.61. The smallest absolute Gasteiger partial charge is 0.407 e. The molecular weight excluding hydrogens is 415 g/mol. The summed E-state index contributed by atoms with van der Waals surface area (Å²) in [6.07, 6.45) is -1.86. The van der Waals surface area contributed by atoms with E-state index < -0.39 is 29.8 Å². The molecule has 170 valence electrons. The molecule has 0 saturated carbocycles. The molecule has 0 aliphatic heterocycles. The number of alkyl halides is 3. The molecule has 0 saturated heterocycles. The molecule has 0 amide bonds. The Bertz CT molecular complexity index is 918. The highest BCUT2D eigenvalue weighted by Crippen LogP contribution is 2.33. The van der Waals surface area contributed by atoms with Gasteiger partial charge in [-0.25, -0.2) is 9.59 Å². The Morgan fingerprint density at radius 1 is 1.23 bits per heavy atom. The molecule has 2 heterocycles. The highest BCUT2D eigenvalue weighted by molar-refractivity contribution is 5.98. The highest BCUT2D eigenvalue weighted by Gasteiger charge is 2.41. The number of nitrogens with one attached hydrogen (secondary N) is 2. The van der Waals surface area contributed by atoms with E-state index in [9.17, 15) is 22.8 Å². The number of H-pyrrole nitrogens is 1. The Labute approximate surface area is 178 Å². The van der Waals surface area contributed by atoms with Crippen LogP contribution < -0.4 is 5.32 Å². The Balaban J connectivity index is 2.44. The third kappa shape index (κ3) is 6.06. The average molecular weight is 441 g/mol. The number of pyridine rings is 1. The number of carbonyl (C=O) groups excluding carboxylic acids is 2. The van der Waals surface area contributed by atoms with Gasteiger partial charge in [0.05, 0.1) is 12.7 Å². The van der Waals surface area contributed by atoms with Gasteiger partial charge in [0.2, 0.25) is 0 Å². The third-order valence-corrected chi connectivity index (χ3v) is 4.36. The van der Waals surface area contributed by atoms with Gasteiger partial charge in [0.1, 0.15) is 17.3 Å². The summed E-state index contributed by atoms with van der Waals surface area (Å²) in [6.45, 7) is 6.40. The largest absolute Gasteiger partial charge is 0.465 e. The lowest BCUT2D eigenvalue weighted by molar-refractivity contribution is -0.158. The van der Waals surface area contributed by atoms with Gasteiger partial charge in [-0.1, -0.05) is 13.0 Å². The van der Waals surface area contributed by atoms with Gasteiger partial charge in [0.15, 0.2) is 0 Å². The number of carbonyl (C=O) groups is 2. The summed E-state index contributed by atoms with van der Waals surface area (Å²) in [5.74, 6) is -1.47. The fourth-order valence-corrected chi connectivity index (χ4v) is 3.11. The second kappa shape index (κ2) is 9.51. The Kier molecular flexibility index (Phi) is 7.48. The molecule has 0 bridgehead atoms. The Morgan fingerprint density at radius 3 is 2.39 bits per heavy atom. The second-order valence-corrected chi connectivity index (χ2v) is 7.82. The predicted molar refractivity (Wildman–Crippen MR) is 107 cm³/mol. The molecule has 0 fully saturated rings. The molecule has 0 radical (unpaired) electrons. The minimum Gasteiger partial charge on any atom is -0.465 e. The fourth-order valence-electron chi connectivity index (χ4n) is 3.11. The topological polar surface area (TPSA) is 93.3 Å². The van der Waals surface area contributed by atoms with Crippen molar-refractivity contribution < 1.29 is 32.2 Å². The first-order chi connectivity index (χ1) is 14.4. The molecule has 0 aliphatic rings. The summed E-state index contributed by atoms with van der Waals surface area (Å²) in [5, 5.41) is 2.41. The number of aromatic amines is 1. The van der Waals surface area contributed by atoms with Crippen LogP contribution in [-0.2, 0) is 22.4 Å². The molecule has 31 heavy (non-hydrogen) atoms. The maximum atomic E-state index is 13.6. The monoisotopic (exact) mass is 441 g/mol. The van der Waals surface area contributed by atoms with Gasteiger partial charge in [-0.05, 0) is 44.4 Å². The number of nitrogens with zero attached hydrogens (tertiary/aromatic N) is 1. The number of ether oxygens (including phenoxy) is 2. The number of hydrogen-bond donors (Lipinski definition) is 2. The lowest BCUT2D eigenvalue weighted by Crippen LogP contribution is -2.34. The van der Waals surface area contributed by atoms with Gasteiger partial charge in [0, 0.05) is 24.6 Å². The molecule has 0 spiro atoms. The minimum absolute atomic E-state index is 0.0135. The summed E-state index contributed by atoms with van der Waals surface area (Å²) in [7, 11) is 1.16. The van der Waals surface area contributed by atoms with E-state index in [2.05, 4.69) is 15.3 Å². The van der Waals surface area contributed by atoms with Crippen LogP contribution in [0.5, 0.6) is 0 Å². The average Bonchev–Trinajstić information content (AvgIpc) is 3.04. The SMILES string of the molecule is CCc1c(C(=O)OC(C)(C)C)[nH]c(CNC(c2cccnc2)C(F)(F)F)c1C(=O)OC. The van der Waals surface area contributed by atoms with Crippen LogP contribution in [0.3, 0.4) is 0 Å². The quantitative estimate of drug-likeness (QED) is 0.629. The first kappa shape index (κ1) is 24.4. The molecule has 0 aromatic carbocycles. The van der Waals surface area contributed by atoms with Crippen molar-refractivity contribution in [3.8, 4) is 0 Å². The van der Waals surface area contributed by atoms with Crippen molar-refractivity contribution in [2.75, 3.05) is 7.11 Å². The maximum Gasteiger partial charge on any atom is 0.407 e. The normalized spacial score (nSPS) is 13.0. The molecule has 0 aliphatic carbocycles. The molecule has 1 unspecified atom stereocenters. The van der Waals surface area contributed by atoms with Gasteiger partial charge in [-0.15, -0.1) is 0 Å². The van der Waals surface area contributed by atoms with Crippen molar-refractivity contribution in [3.63, 3.8) is 0 Å². The van der Waals surface area contributed by atoms with Gasteiger partial charge < -0.3 is 14.5 Å². The van der Waals surface area contributed by atoms with E-state index in [1.54, 1.807) is 27.7 Å². The Hall–Kier alpha value is -2.88. The lowest BCUT2D eigenvalue weighted by Gasteiger charge is -2.22. The van der Waals surface area contributed by atoms with Gasteiger partial charge >= 0.3 is 18.1 Å². The zero-order chi connectivity index (χ0) is 23.4. The van der Waals surface area contributed by atoms with Crippen molar-refractivity contribution >= 4 is 11.9 Å². The molecule has 2 N–H and O–H groups in total. The van der Waals surface area contributed by atoms with Crippen LogP contribution in [0.25, 0.3) is 0 Å². The van der Waals surface area contributed by atoms with Crippen LogP contribution in [-0.4, -0.2) is 40.8 Å². The molecular formula is C21H26F3N3O4. The lowest BCUT2D eigenvalue weighted by atomic mass is 10.0. The summed E-state index contributed by atoms with van der Waals surface area (Å²) >= 11 is 0. The summed E-state index contributed by atoms with van der Waals surface area (Å²) in [5.41, 5.74) is -0.418. The van der Waals surface area contributed by atoms with E-state index in [4.69, 9.17) is 9.47 Å². The van der Waals surface area contributed by atoms with Crippen LogP contribution in [0.1, 0.15) is 71.4 Å². The van der Waals surface area contributed by atoms with Crippen LogP contribution >= 0.6 is 0 Å². The molecule has 10 heteroatoms. The first-order valence-electron chi connectivity index (χ1n) is 9.64. The summed E-state index contributed by atoms with van der Waals surface area (Å²) < 4.78 is 51.1. The number of methoxy groups -OCH3 is 1. The third-order valence-electron chi connectivity index (χ3n) is 4.36. The number of rotatable bonds is 7. The highest BCUT2D eigenvalue weighted by atomic mass is 19.4. The van der Waals surface area contributed by atoms with E-state index >= 15 is 0 Å². The zero-order valence-corrected chi connectivity index (χ0v) is 18.0. The molecule has 7 nitrogen and oxygen atoms in total. The predicted octanol–water partition coefficient (Wildman–Crippen LogP) is 4.11. The molecule has 2 rings (SSSR count). The zero-order valence-electron chi connectivity index (χ0n) is 18.0. The molecule has 1 atom stereocenters. The van der Waals surface area contributed by atoms with Gasteiger partial charge in [-0.2, -0.15) is 13.2 Å². The van der Waals surface area contributed by atoms with E-state index in [1.165, 1.54) is 18.3 Å².